The van der Waals surface area contributed by atoms with Gasteiger partial charge in [0, 0.05) is 30.0 Å². The fourth-order valence-corrected chi connectivity index (χ4v) is 4.96. The first-order chi connectivity index (χ1) is 19.7. The molecule has 0 bridgehead atoms. The van der Waals surface area contributed by atoms with Gasteiger partial charge in [0.25, 0.3) is 0 Å². The molecule has 4 aromatic rings. The maximum absolute atomic E-state index is 14.8. The summed E-state index contributed by atoms with van der Waals surface area (Å²) in [5.74, 6) is -5.36. The van der Waals surface area contributed by atoms with Gasteiger partial charge in [0.1, 0.15) is 22.8 Å². The second-order valence-corrected chi connectivity index (χ2v) is 10.4. The van der Waals surface area contributed by atoms with Gasteiger partial charge in [-0.25, -0.2) is 32.3 Å². The SMILES string of the molecule is FC1CCCNC1.Nc1nccc(-c2cccnc2Oc2cc(F)c(NS(=O)Cc3cccc(Cl)c3)c(F)c2F)n1. The zero-order valence-electron chi connectivity index (χ0n) is 21.4. The Kier molecular flexibility index (Phi) is 10.4. The van der Waals surface area contributed by atoms with Gasteiger partial charge < -0.3 is 15.8 Å². The van der Waals surface area contributed by atoms with Crippen molar-refractivity contribution in [2.75, 3.05) is 23.5 Å². The third kappa shape index (κ3) is 8.35. The van der Waals surface area contributed by atoms with E-state index in [0.717, 1.165) is 19.4 Å². The number of piperidine rings is 1. The lowest BCUT2D eigenvalue weighted by molar-refractivity contribution is 0.266. The number of pyridine rings is 1. The van der Waals surface area contributed by atoms with Gasteiger partial charge in [-0.05, 0) is 55.3 Å². The Morgan fingerprint density at radius 3 is 2.61 bits per heavy atom. The van der Waals surface area contributed by atoms with Crippen LogP contribution in [0.4, 0.5) is 29.2 Å². The fraction of sp³-hybridized carbons (Fsp3) is 0.222. The minimum atomic E-state index is -1.97. The third-order valence-corrected chi connectivity index (χ3v) is 6.95. The topological polar surface area (TPSA) is 115 Å². The summed E-state index contributed by atoms with van der Waals surface area (Å²) in [6.45, 7) is 1.57. The molecule has 0 amide bonds. The monoisotopic (exact) mass is 608 g/mol. The first-order valence-corrected chi connectivity index (χ1v) is 14.0. The smallest absolute Gasteiger partial charge is 0.228 e. The maximum atomic E-state index is 14.8. The molecule has 8 nitrogen and oxygen atoms in total. The van der Waals surface area contributed by atoms with E-state index in [1.165, 1.54) is 18.5 Å². The van der Waals surface area contributed by atoms with Crippen molar-refractivity contribution >= 4 is 34.2 Å². The van der Waals surface area contributed by atoms with Crippen molar-refractivity contribution in [2.45, 2.75) is 24.8 Å². The van der Waals surface area contributed by atoms with E-state index in [2.05, 4.69) is 25.0 Å². The summed E-state index contributed by atoms with van der Waals surface area (Å²) in [6, 6.07) is 11.7. The molecule has 216 valence electrons. The molecule has 14 heteroatoms. The number of rotatable bonds is 7. The molecular formula is C27H25ClF4N6O2S. The highest BCUT2D eigenvalue weighted by atomic mass is 35.5. The van der Waals surface area contributed by atoms with Crippen LogP contribution in [0.1, 0.15) is 18.4 Å². The number of nitrogens with one attached hydrogen (secondary N) is 2. The molecule has 41 heavy (non-hydrogen) atoms. The molecule has 1 saturated heterocycles. The van der Waals surface area contributed by atoms with E-state index in [4.69, 9.17) is 22.1 Å². The first-order valence-electron chi connectivity index (χ1n) is 12.3. The van der Waals surface area contributed by atoms with Crippen molar-refractivity contribution in [2.24, 2.45) is 0 Å². The van der Waals surface area contributed by atoms with Gasteiger partial charge in [-0.15, -0.1) is 0 Å². The van der Waals surface area contributed by atoms with Crippen LogP contribution < -0.4 is 20.5 Å². The number of ether oxygens (including phenoxy) is 1. The van der Waals surface area contributed by atoms with E-state index < -0.39 is 46.0 Å². The molecule has 2 aromatic carbocycles. The molecule has 2 atom stereocenters. The van der Waals surface area contributed by atoms with Crippen LogP contribution in [0, 0.1) is 17.5 Å². The van der Waals surface area contributed by atoms with E-state index in [0.29, 0.717) is 34.5 Å². The number of hydrogen-bond acceptors (Lipinski definition) is 7. The van der Waals surface area contributed by atoms with Crippen LogP contribution >= 0.6 is 11.6 Å². The van der Waals surface area contributed by atoms with Gasteiger partial charge in [-0.2, -0.15) is 4.39 Å². The van der Waals surface area contributed by atoms with Crippen molar-refractivity contribution in [3.8, 4) is 22.9 Å². The number of nitrogens with zero attached hydrogens (tertiary/aromatic N) is 3. The van der Waals surface area contributed by atoms with E-state index in [9.17, 15) is 21.8 Å². The highest BCUT2D eigenvalue weighted by molar-refractivity contribution is 7.85. The van der Waals surface area contributed by atoms with Gasteiger partial charge >= 0.3 is 0 Å². The fourth-order valence-electron chi connectivity index (χ4n) is 3.77. The molecule has 0 spiro atoms. The van der Waals surface area contributed by atoms with Gasteiger partial charge in [0.2, 0.25) is 17.6 Å². The second-order valence-electron chi connectivity index (χ2n) is 8.78. The van der Waals surface area contributed by atoms with Crippen molar-refractivity contribution in [3.63, 3.8) is 0 Å². The average molecular weight is 609 g/mol. The zero-order chi connectivity index (χ0) is 29.4. The molecule has 3 heterocycles. The minimum Gasteiger partial charge on any atom is -0.435 e. The summed E-state index contributed by atoms with van der Waals surface area (Å²) in [7, 11) is -1.97. The molecule has 2 aromatic heterocycles. The van der Waals surface area contributed by atoms with E-state index >= 15 is 0 Å². The summed E-state index contributed by atoms with van der Waals surface area (Å²) in [5.41, 5.74) is 5.87. The lowest BCUT2D eigenvalue weighted by Gasteiger charge is -2.14. The largest absolute Gasteiger partial charge is 0.435 e. The van der Waals surface area contributed by atoms with E-state index in [-0.39, 0.29) is 17.6 Å². The van der Waals surface area contributed by atoms with Gasteiger partial charge in [-0.3, -0.25) is 4.72 Å². The number of anilines is 2. The van der Waals surface area contributed by atoms with E-state index in [1.54, 1.807) is 36.4 Å². The van der Waals surface area contributed by atoms with Crippen LogP contribution in [0.3, 0.4) is 0 Å². The molecule has 0 radical (unpaired) electrons. The van der Waals surface area contributed by atoms with Gasteiger partial charge in [-0.1, -0.05) is 23.7 Å². The Labute approximate surface area is 240 Å². The molecule has 1 aliphatic rings. The Bertz CT molecular complexity index is 1530. The van der Waals surface area contributed by atoms with Crippen LogP contribution in [-0.2, 0) is 16.7 Å². The van der Waals surface area contributed by atoms with E-state index in [1.807, 2.05) is 0 Å². The van der Waals surface area contributed by atoms with Crippen LogP contribution in [0.15, 0.2) is 60.9 Å². The Morgan fingerprint density at radius 2 is 1.93 bits per heavy atom. The predicted molar refractivity (Wildman–Crippen MR) is 150 cm³/mol. The highest BCUT2D eigenvalue weighted by Crippen LogP contribution is 2.35. The van der Waals surface area contributed by atoms with Crippen molar-refractivity contribution in [1.82, 2.24) is 20.3 Å². The normalized spacial score (nSPS) is 15.4. The van der Waals surface area contributed by atoms with Crippen LogP contribution in [0.25, 0.3) is 11.3 Å². The third-order valence-electron chi connectivity index (χ3n) is 5.69. The van der Waals surface area contributed by atoms with Crippen LogP contribution in [0.2, 0.25) is 5.02 Å². The van der Waals surface area contributed by atoms with Gasteiger partial charge in [0.15, 0.2) is 17.4 Å². The lowest BCUT2D eigenvalue weighted by atomic mass is 10.1. The van der Waals surface area contributed by atoms with Crippen LogP contribution in [-0.4, -0.2) is 38.4 Å². The summed E-state index contributed by atoms with van der Waals surface area (Å²) < 4.78 is 76.1. The van der Waals surface area contributed by atoms with Gasteiger partial charge in [0.05, 0.1) is 17.0 Å². The lowest BCUT2D eigenvalue weighted by Crippen LogP contribution is -2.30. The van der Waals surface area contributed by atoms with Crippen molar-refractivity contribution in [1.29, 1.82) is 0 Å². The molecule has 4 N–H and O–H groups in total. The quantitative estimate of drug-likeness (QED) is 0.175. The predicted octanol–water partition coefficient (Wildman–Crippen LogP) is 5.97. The molecule has 1 aliphatic heterocycles. The Morgan fingerprint density at radius 1 is 1.10 bits per heavy atom. The number of nitrogen functional groups attached to an aromatic ring is 1. The molecule has 0 aliphatic carbocycles. The highest BCUT2D eigenvalue weighted by Gasteiger charge is 2.23. The number of alkyl halides is 1. The summed E-state index contributed by atoms with van der Waals surface area (Å²) in [5, 5.41) is 3.37. The summed E-state index contributed by atoms with van der Waals surface area (Å²) >= 11 is 5.88. The molecule has 5 rings (SSSR count). The van der Waals surface area contributed by atoms with Crippen LogP contribution in [0.5, 0.6) is 11.6 Å². The van der Waals surface area contributed by atoms with Crippen molar-refractivity contribution < 1.29 is 26.5 Å². The molecular weight excluding hydrogens is 584 g/mol. The number of hydrogen-bond donors (Lipinski definition) is 3. The Balaban J connectivity index is 0.000000483. The number of benzene rings is 2. The first kappa shape index (κ1) is 30.2. The molecule has 0 saturated carbocycles. The summed E-state index contributed by atoms with van der Waals surface area (Å²) in [4.78, 5) is 11.8. The number of nitrogens with two attached hydrogens (primary N) is 1. The summed E-state index contributed by atoms with van der Waals surface area (Å²) in [6.07, 6.45) is 3.93. The Hall–Kier alpha value is -3.81. The average Bonchev–Trinajstić information content (AvgIpc) is 2.95. The van der Waals surface area contributed by atoms with Crippen molar-refractivity contribution in [3.05, 3.63) is 89.0 Å². The molecule has 1 fully saturated rings. The number of aromatic nitrogens is 3. The second kappa shape index (κ2) is 14.2. The molecule has 2 unspecified atom stereocenters. The zero-order valence-corrected chi connectivity index (χ0v) is 23.0. The minimum absolute atomic E-state index is 0.0169. The maximum Gasteiger partial charge on any atom is 0.228 e. The standard InChI is InChI=1S/C22H15ClF3N5O2S.C5H10FN/c23-13-4-1-3-12(9-13)11-34(32)31-20-15(24)10-17(18(25)19(20)26)33-21-14(5-2-7-28-21)16-6-8-29-22(27)30-16;6-5-2-1-3-7-4-5/h1-10,31H,11H2,(H2,27,29,30);5,7H,1-4H2. The number of halogens is 5.